The highest BCUT2D eigenvalue weighted by Gasteiger charge is 2.43. The van der Waals surface area contributed by atoms with E-state index in [-0.39, 0.29) is 5.91 Å². The molecule has 0 aliphatic carbocycles. The molecule has 2 aliphatic rings. The van der Waals surface area contributed by atoms with Crippen molar-refractivity contribution in [3.8, 4) is 0 Å². The molecule has 0 radical (unpaired) electrons. The van der Waals surface area contributed by atoms with E-state index >= 15 is 0 Å². The first kappa shape index (κ1) is 23.1. The fourth-order valence-corrected chi connectivity index (χ4v) is 4.08. The Balaban J connectivity index is 0.000000370. The van der Waals surface area contributed by atoms with Gasteiger partial charge in [-0.3, -0.25) is 9.78 Å². The van der Waals surface area contributed by atoms with Gasteiger partial charge in [-0.05, 0) is 43.9 Å². The summed E-state index contributed by atoms with van der Waals surface area (Å²) < 4.78 is 31.7. The molecule has 1 aromatic rings. The highest BCUT2D eigenvalue weighted by Crippen LogP contribution is 2.39. The van der Waals surface area contributed by atoms with Gasteiger partial charge in [0, 0.05) is 37.8 Å². The Morgan fingerprint density at radius 1 is 1.21 bits per heavy atom. The third kappa shape index (κ3) is 6.69. The summed E-state index contributed by atoms with van der Waals surface area (Å²) in [6.45, 7) is 9.89. The summed E-state index contributed by atoms with van der Waals surface area (Å²) in [7, 11) is 0. The highest BCUT2D eigenvalue weighted by molar-refractivity contribution is 5.92. The van der Waals surface area contributed by atoms with Crippen molar-refractivity contribution in [2.45, 2.75) is 39.3 Å². The normalized spacial score (nSPS) is 22.5. The SMILES string of the molecule is CC(C)CN1CCCC2(CCN(C(=O)c3ccccn3)C2)C1.O=C(O)C(F)(F)F. The number of likely N-dealkylation sites (tertiary alicyclic amines) is 2. The number of carboxylic acid groups (broad SMARTS) is 1. The van der Waals surface area contributed by atoms with Crippen LogP contribution < -0.4 is 0 Å². The smallest absolute Gasteiger partial charge is 0.475 e. The molecular weight excluding hydrogens is 387 g/mol. The van der Waals surface area contributed by atoms with Crippen LogP contribution in [0.15, 0.2) is 24.4 Å². The number of carbonyl (C=O) groups is 2. The maximum absolute atomic E-state index is 12.6. The lowest BCUT2D eigenvalue weighted by molar-refractivity contribution is -0.192. The molecule has 1 aromatic heterocycles. The number of rotatable bonds is 3. The van der Waals surface area contributed by atoms with Crippen molar-refractivity contribution in [2.24, 2.45) is 11.3 Å². The van der Waals surface area contributed by atoms with E-state index < -0.39 is 12.1 Å². The molecule has 0 saturated carbocycles. The summed E-state index contributed by atoms with van der Waals surface area (Å²) in [6, 6.07) is 5.56. The Kier molecular flexibility index (Phi) is 7.62. The first-order valence-electron chi connectivity index (χ1n) is 9.75. The summed E-state index contributed by atoms with van der Waals surface area (Å²) in [5.74, 6) is -1.95. The Morgan fingerprint density at radius 3 is 2.45 bits per heavy atom. The molecule has 2 saturated heterocycles. The highest BCUT2D eigenvalue weighted by atomic mass is 19.4. The summed E-state index contributed by atoms with van der Waals surface area (Å²) in [6.07, 6.45) is 0.274. The van der Waals surface area contributed by atoms with Crippen LogP contribution in [-0.2, 0) is 4.79 Å². The molecule has 29 heavy (non-hydrogen) atoms. The average Bonchev–Trinajstić information content (AvgIpc) is 3.04. The molecule has 1 atom stereocenters. The van der Waals surface area contributed by atoms with E-state index in [1.807, 2.05) is 23.1 Å². The van der Waals surface area contributed by atoms with Crippen molar-refractivity contribution in [3.05, 3.63) is 30.1 Å². The molecule has 9 heteroatoms. The van der Waals surface area contributed by atoms with Gasteiger partial charge in [0.2, 0.25) is 0 Å². The third-order valence-corrected chi connectivity index (χ3v) is 5.22. The van der Waals surface area contributed by atoms with E-state index in [9.17, 15) is 18.0 Å². The molecule has 1 amide bonds. The van der Waals surface area contributed by atoms with Crippen LogP contribution in [0.1, 0.15) is 43.6 Å². The molecule has 162 valence electrons. The number of pyridine rings is 1. The van der Waals surface area contributed by atoms with E-state index in [0.29, 0.717) is 17.0 Å². The van der Waals surface area contributed by atoms with Crippen LogP contribution in [-0.4, -0.2) is 70.7 Å². The van der Waals surface area contributed by atoms with Crippen molar-refractivity contribution >= 4 is 11.9 Å². The minimum atomic E-state index is -5.08. The van der Waals surface area contributed by atoms with Gasteiger partial charge in [-0.25, -0.2) is 4.79 Å². The molecule has 0 bridgehead atoms. The summed E-state index contributed by atoms with van der Waals surface area (Å²) in [4.78, 5) is 30.3. The standard InChI is InChI=1S/C18H27N3O.C2HF3O2/c1-15(2)12-20-10-5-7-18(13-20)8-11-21(14-18)17(22)16-6-3-4-9-19-16;3-2(4,5)1(6)7/h3-4,6,9,15H,5,7-8,10-14H2,1-2H3;(H,6,7). The maximum atomic E-state index is 12.6. The summed E-state index contributed by atoms with van der Waals surface area (Å²) in [5.41, 5.74) is 0.895. The third-order valence-electron chi connectivity index (χ3n) is 5.22. The quantitative estimate of drug-likeness (QED) is 0.820. The summed E-state index contributed by atoms with van der Waals surface area (Å²) in [5, 5.41) is 7.12. The minimum Gasteiger partial charge on any atom is -0.475 e. The van der Waals surface area contributed by atoms with Crippen molar-refractivity contribution < 1.29 is 27.9 Å². The zero-order chi connectivity index (χ0) is 21.7. The zero-order valence-electron chi connectivity index (χ0n) is 16.8. The fraction of sp³-hybridized carbons (Fsp3) is 0.650. The Morgan fingerprint density at radius 2 is 1.90 bits per heavy atom. The summed E-state index contributed by atoms with van der Waals surface area (Å²) >= 11 is 0. The molecule has 3 rings (SSSR count). The Labute approximate surface area is 168 Å². The molecule has 6 nitrogen and oxygen atoms in total. The van der Waals surface area contributed by atoms with Crippen molar-refractivity contribution in [3.63, 3.8) is 0 Å². The number of carbonyl (C=O) groups excluding carboxylic acids is 1. The van der Waals surface area contributed by atoms with Crippen molar-refractivity contribution in [1.82, 2.24) is 14.8 Å². The average molecular weight is 415 g/mol. The maximum Gasteiger partial charge on any atom is 0.490 e. The van der Waals surface area contributed by atoms with E-state index in [1.54, 1.807) is 6.20 Å². The number of alkyl halides is 3. The Hall–Kier alpha value is -2.16. The number of amides is 1. The molecule has 1 unspecified atom stereocenters. The number of hydrogen-bond acceptors (Lipinski definition) is 4. The number of nitrogens with zero attached hydrogens (tertiary/aromatic N) is 3. The molecular formula is C20H28F3N3O3. The van der Waals surface area contributed by atoms with Gasteiger partial charge in [0.15, 0.2) is 0 Å². The van der Waals surface area contributed by atoms with Crippen LogP contribution in [0.3, 0.4) is 0 Å². The first-order valence-corrected chi connectivity index (χ1v) is 9.75. The predicted molar refractivity (Wildman–Crippen MR) is 101 cm³/mol. The number of aromatic nitrogens is 1. The first-order chi connectivity index (χ1) is 13.5. The molecule has 2 aliphatic heterocycles. The van der Waals surface area contributed by atoms with Crippen molar-refractivity contribution in [2.75, 3.05) is 32.7 Å². The number of carboxylic acids is 1. The lowest BCUT2D eigenvalue weighted by atomic mass is 9.79. The van der Waals surface area contributed by atoms with E-state index in [0.717, 1.165) is 26.1 Å². The molecule has 1 N–H and O–H groups in total. The number of hydrogen-bond donors (Lipinski definition) is 1. The second kappa shape index (κ2) is 9.56. The molecule has 1 spiro atoms. The Bertz CT molecular complexity index is 697. The van der Waals surface area contributed by atoms with Crippen LogP contribution in [0, 0.1) is 11.3 Å². The van der Waals surface area contributed by atoms with Gasteiger partial charge >= 0.3 is 12.1 Å². The number of aliphatic carboxylic acids is 1. The van der Waals surface area contributed by atoms with Gasteiger partial charge in [0.25, 0.3) is 5.91 Å². The van der Waals surface area contributed by atoms with Gasteiger partial charge in [0.05, 0.1) is 0 Å². The van der Waals surface area contributed by atoms with E-state index in [4.69, 9.17) is 9.90 Å². The second-order valence-corrected chi connectivity index (χ2v) is 8.23. The predicted octanol–water partition coefficient (Wildman–Crippen LogP) is 3.30. The number of piperidine rings is 1. The van der Waals surface area contributed by atoms with Gasteiger partial charge in [0.1, 0.15) is 5.69 Å². The molecule has 3 heterocycles. The van der Waals surface area contributed by atoms with Gasteiger partial charge in [-0.15, -0.1) is 0 Å². The lowest BCUT2D eigenvalue weighted by Gasteiger charge is -2.41. The topological polar surface area (TPSA) is 73.7 Å². The molecule has 0 aromatic carbocycles. The van der Waals surface area contributed by atoms with Crippen LogP contribution in [0.4, 0.5) is 13.2 Å². The van der Waals surface area contributed by atoms with E-state index in [2.05, 4.69) is 23.7 Å². The lowest BCUT2D eigenvalue weighted by Crippen LogP contribution is -2.46. The number of halogens is 3. The second-order valence-electron chi connectivity index (χ2n) is 8.23. The van der Waals surface area contributed by atoms with Gasteiger partial charge < -0.3 is 14.9 Å². The molecule has 2 fully saturated rings. The van der Waals surface area contributed by atoms with Crippen LogP contribution in [0.5, 0.6) is 0 Å². The van der Waals surface area contributed by atoms with Crippen LogP contribution in [0.25, 0.3) is 0 Å². The minimum absolute atomic E-state index is 0.0958. The largest absolute Gasteiger partial charge is 0.490 e. The van der Waals surface area contributed by atoms with Crippen molar-refractivity contribution in [1.29, 1.82) is 0 Å². The zero-order valence-corrected chi connectivity index (χ0v) is 16.8. The fourth-order valence-electron chi connectivity index (χ4n) is 4.08. The van der Waals surface area contributed by atoms with Crippen LogP contribution >= 0.6 is 0 Å². The monoisotopic (exact) mass is 415 g/mol. The van der Waals surface area contributed by atoms with Gasteiger partial charge in [-0.2, -0.15) is 13.2 Å². The van der Waals surface area contributed by atoms with Gasteiger partial charge in [-0.1, -0.05) is 19.9 Å². The van der Waals surface area contributed by atoms with E-state index in [1.165, 1.54) is 25.9 Å². The van der Waals surface area contributed by atoms with Crippen LogP contribution in [0.2, 0.25) is 0 Å².